The molecule has 3 amide bonds. The van der Waals surface area contributed by atoms with E-state index in [1.54, 1.807) is 0 Å². The van der Waals surface area contributed by atoms with Crippen LogP contribution in [0.5, 0.6) is 0 Å². The molecule has 4 rings (SSSR count). The molecule has 4 fully saturated rings. The summed E-state index contributed by atoms with van der Waals surface area (Å²) in [6.45, 7) is 3.35. The van der Waals surface area contributed by atoms with Crippen molar-refractivity contribution in [1.29, 1.82) is 0 Å². The lowest BCUT2D eigenvalue weighted by atomic mass is 9.49. The van der Waals surface area contributed by atoms with Crippen LogP contribution in [0.25, 0.3) is 0 Å². The maximum atomic E-state index is 12.7. The fourth-order valence-corrected chi connectivity index (χ4v) is 5.89. The van der Waals surface area contributed by atoms with Crippen LogP contribution in [-0.2, 0) is 14.3 Å². The van der Waals surface area contributed by atoms with Crippen molar-refractivity contribution in [1.82, 2.24) is 10.6 Å². The quantitative estimate of drug-likeness (QED) is 0.575. The Morgan fingerprint density at radius 3 is 2.40 bits per heavy atom. The Morgan fingerprint density at radius 1 is 1.20 bits per heavy atom. The molecule has 7 heteroatoms. The Balaban J connectivity index is 1.51. The number of nitrogens with one attached hydrogen (secondary N) is 2. The van der Waals surface area contributed by atoms with Gasteiger partial charge in [-0.2, -0.15) is 0 Å². The van der Waals surface area contributed by atoms with E-state index in [-0.39, 0.29) is 16.9 Å². The molecule has 0 aromatic heterocycles. The summed E-state index contributed by atoms with van der Waals surface area (Å²) in [5, 5.41) is 4.82. The zero-order valence-electron chi connectivity index (χ0n) is 14.9. The van der Waals surface area contributed by atoms with Crippen LogP contribution < -0.4 is 10.6 Å². The Hall–Kier alpha value is -1.30. The van der Waals surface area contributed by atoms with Crippen LogP contribution in [0.1, 0.15) is 58.8 Å². The molecule has 0 aromatic carbocycles. The minimum Gasteiger partial charge on any atom is -0.455 e. The number of hydrogen-bond donors (Lipinski definition) is 2. The summed E-state index contributed by atoms with van der Waals surface area (Å²) in [5.41, 5.74) is -0.537. The third-order valence-corrected chi connectivity index (χ3v) is 6.44. The molecule has 2 N–H and O–H groups in total. The van der Waals surface area contributed by atoms with Crippen LogP contribution in [0.2, 0.25) is 0 Å². The molecule has 4 aliphatic rings. The molecule has 0 aliphatic heterocycles. The van der Waals surface area contributed by atoms with E-state index in [0.29, 0.717) is 18.3 Å². The maximum Gasteiger partial charge on any atom is 0.321 e. The van der Waals surface area contributed by atoms with Crippen molar-refractivity contribution in [3.8, 4) is 0 Å². The molecule has 4 aliphatic carbocycles. The van der Waals surface area contributed by atoms with Crippen LogP contribution in [0, 0.1) is 17.3 Å². The summed E-state index contributed by atoms with van der Waals surface area (Å²) in [6, 6.07) is -0.591. The monoisotopic (exact) mass is 370 g/mol. The van der Waals surface area contributed by atoms with Gasteiger partial charge in [-0.1, -0.05) is 6.92 Å². The number of imide groups is 1. The molecule has 0 unspecified atom stereocenters. The number of amides is 3. The Labute approximate surface area is 153 Å². The van der Waals surface area contributed by atoms with E-state index >= 15 is 0 Å². The molecule has 0 spiro atoms. The topological polar surface area (TPSA) is 84.5 Å². The van der Waals surface area contributed by atoms with E-state index in [9.17, 15) is 14.4 Å². The van der Waals surface area contributed by atoms with Gasteiger partial charge in [-0.15, -0.1) is 11.6 Å². The maximum absolute atomic E-state index is 12.7. The van der Waals surface area contributed by atoms with Gasteiger partial charge < -0.3 is 10.1 Å². The first kappa shape index (κ1) is 18.5. The fraction of sp³-hybridized carbons (Fsp3) is 0.833. The van der Waals surface area contributed by atoms with Crippen LogP contribution in [-0.4, -0.2) is 35.4 Å². The number of carbonyl (C=O) groups excluding carboxylic acids is 3. The third kappa shape index (κ3) is 3.94. The van der Waals surface area contributed by atoms with Gasteiger partial charge in [-0.3, -0.25) is 14.9 Å². The second kappa shape index (κ2) is 6.78. The zero-order chi connectivity index (χ0) is 18.2. The predicted octanol–water partition coefficient (Wildman–Crippen LogP) is 2.73. The van der Waals surface area contributed by atoms with Crippen molar-refractivity contribution in [3.63, 3.8) is 0 Å². The van der Waals surface area contributed by atoms with E-state index in [2.05, 4.69) is 10.6 Å². The number of urea groups is 1. The second-order valence-electron chi connectivity index (χ2n) is 8.30. The summed E-state index contributed by atoms with van der Waals surface area (Å²) >= 11 is 6.72. The Bertz CT molecular complexity index is 565. The molecule has 3 atom stereocenters. The lowest BCUT2D eigenvalue weighted by molar-refractivity contribution is -0.171. The predicted molar refractivity (Wildman–Crippen MR) is 93.1 cm³/mol. The van der Waals surface area contributed by atoms with E-state index in [0.717, 1.165) is 38.5 Å². The number of esters is 1. The highest BCUT2D eigenvalue weighted by Gasteiger charge is 2.60. The summed E-state index contributed by atoms with van der Waals surface area (Å²) < 4.78 is 5.28. The minimum absolute atomic E-state index is 0.0257. The standard InChI is InChI=1S/C18H27ClN2O4/c1-3-11(2)20-16(24)21-14(22)9-25-15(23)17-5-12-4-13(6-17)8-18(19,7-12)10-17/h11-13H,3-10H2,1-2H3,(H2,20,21,22,24)/t11-,12+,13+,17?,18?/m1/s1. The minimum atomic E-state index is -0.612. The van der Waals surface area contributed by atoms with Crippen molar-refractivity contribution in [3.05, 3.63) is 0 Å². The first-order valence-corrected chi connectivity index (χ1v) is 9.58. The Kier molecular flexibility index (Phi) is 5.02. The molecule has 140 valence electrons. The highest BCUT2D eigenvalue weighted by Crippen LogP contribution is 2.64. The summed E-state index contributed by atoms with van der Waals surface area (Å²) in [7, 11) is 0. The first-order valence-electron chi connectivity index (χ1n) is 9.20. The zero-order valence-corrected chi connectivity index (χ0v) is 15.7. The number of halogens is 1. The molecular weight excluding hydrogens is 344 g/mol. The van der Waals surface area contributed by atoms with Crippen molar-refractivity contribution in [2.24, 2.45) is 17.3 Å². The number of carbonyl (C=O) groups is 3. The summed E-state index contributed by atoms with van der Waals surface area (Å²) in [6.07, 6.45) is 6.15. The molecule has 25 heavy (non-hydrogen) atoms. The van der Waals surface area contributed by atoms with Gasteiger partial charge in [0.05, 0.1) is 5.41 Å². The van der Waals surface area contributed by atoms with Crippen molar-refractivity contribution < 1.29 is 19.1 Å². The van der Waals surface area contributed by atoms with E-state index in [1.807, 2.05) is 13.8 Å². The van der Waals surface area contributed by atoms with Crippen LogP contribution in [0.15, 0.2) is 0 Å². The molecular formula is C18H27ClN2O4. The third-order valence-electron chi connectivity index (χ3n) is 6.00. The lowest BCUT2D eigenvalue weighted by Crippen LogP contribution is -2.56. The van der Waals surface area contributed by atoms with Crippen LogP contribution >= 0.6 is 11.6 Å². The largest absolute Gasteiger partial charge is 0.455 e. The van der Waals surface area contributed by atoms with Gasteiger partial charge >= 0.3 is 12.0 Å². The summed E-state index contributed by atoms with van der Waals surface area (Å²) in [4.78, 5) is 35.9. The molecule has 0 radical (unpaired) electrons. The van der Waals surface area contributed by atoms with Crippen LogP contribution in [0.3, 0.4) is 0 Å². The number of ether oxygens (including phenoxy) is 1. The fourth-order valence-electron chi connectivity index (χ4n) is 5.20. The Morgan fingerprint density at radius 2 is 1.84 bits per heavy atom. The molecule has 4 saturated carbocycles. The number of rotatable bonds is 5. The van der Waals surface area contributed by atoms with Crippen molar-refractivity contribution in [2.45, 2.75) is 69.7 Å². The molecule has 0 saturated heterocycles. The van der Waals surface area contributed by atoms with Crippen molar-refractivity contribution >= 4 is 29.5 Å². The highest BCUT2D eigenvalue weighted by atomic mass is 35.5. The number of alkyl halides is 1. The van der Waals surface area contributed by atoms with Crippen LogP contribution in [0.4, 0.5) is 4.79 Å². The highest BCUT2D eigenvalue weighted by molar-refractivity contribution is 6.24. The van der Waals surface area contributed by atoms with E-state index < -0.39 is 24.0 Å². The molecule has 0 heterocycles. The first-order chi connectivity index (χ1) is 11.7. The number of hydrogen-bond acceptors (Lipinski definition) is 4. The SMILES string of the molecule is CC[C@@H](C)NC(=O)NC(=O)COC(=O)C12C[C@@H]3C[C@H](CC(Cl)(C3)C1)C2. The van der Waals surface area contributed by atoms with E-state index in [1.165, 1.54) is 0 Å². The average molecular weight is 371 g/mol. The average Bonchev–Trinajstić information content (AvgIpc) is 2.49. The van der Waals surface area contributed by atoms with Gasteiger partial charge in [0.2, 0.25) is 0 Å². The normalized spacial score (nSPS) is 36.6. The second-order valence-corrected chi connectivity index (χ2v) is 9.10. The van der Waals surface area contributed by atoms with Gasteiger partial charge in [0, 0.05) is 10.9 Å². The van der Waals surface area contributed by atoms with Gasteiger partial charge in [-0.25, -0.2) is 4.79 Å². The van der Waals surface area contributed by atoms with Gasteiger partial charge in [0.25, 0.3) is 5.91 Å². The lowest BCUT2D eigenvalue weighted by Gasteiger charge is -2.58. The smallest absolute Gasteiger partial charge is 0.321 e. The van der Waals surface area contributed by atoms with Gasteiger partial charge in [0.15, 0.2) is 6.61 Å². The van der Waals surface area contributed by atoms with E-state index in [4.69, 9.17) is 16.3 Å². The van der Waals surface area contributed by atoms with Crippen molar-refractivity contribution in [2.75, 3.05) is 6.61 Å². The van der Waals surface area contributed by atoms with Gasteiger partial charge in [0.1, 0.15) is 0 Å². The summed E-state index contributed by atoms with van der Waals surface area (Å²) in [5.74, 6) is 0.0337. The van der Waals surface area contributed by atoms with Gasteiger partial charge in [-0.05, 0) is 63.7 Å². The molecule has 6 nitrogen and oxygen atoms in total. The molecule has 0 aromatic rings. The molecule has 4 bridgehead atoms.